The first-order valence-corrected chi connectivity index (χ1v) is 7.87. The van der Waals surface area contributed by atoms with Gasteiger partial charge in [0.25, 0.3) is 0 Å². The van der Waals surface area contributed by atoms with Gasteiger partial charge in [0.1, 0.15) is 0 Å². The SMILES string of the molecule is NS(=O)(=O)c1ccc(CNc2nc3ccccc3[nH]2)cc1. The first-order chi connectivity index (χ1) is 10.0. The number of benzene rings is 2. The van der Waals surface area contributed by atoms with Crippen LogP contribution in [0, 0.1) is 0 Å². The summed E-state index contributed by atoms with van der Waals surface area (Å²) in [5, 5.41) is 8.22. The number of hydrogen-bond donors (Lipinski definition) is 3. The third kappa shape index (κ3) is 3.04. The zero-order valence-electron chi connectivity index (χ0n) is 11.1. The van der Waals surface area contributed by atoms with Crippen molar-refractivity contribution < 1.29 is 8.42 Å². The van der Waals surface area contributed by atoms with Crippen LogP contribution in [0.1, 0.15) is 5.56 Å². The normalized spacial score (nSPS) is 11.7. The van der Waals surface area contributed by atoms with Crippen molar-refractivity contribution in [1.29, 1.82) is 0 Å². The molecule has 3 aromatic rings. The van der Waals surface area contributed by atoms with E-state index in [1.165, 1.54) is 12.1 Å². The van der Waals surface area contributed by atoms with Crippen LogP contribution in [0.25, 0.3) is 11.0 Å². The average Bonchev–Trinajstić information content (AvgIpc) is 2.87. The molecule has 0 unspecified atom stereocenters. The molecule has 21 heavy (non-hydrogen) atoms. The van der Waals surface area contributed by atoms with Crippen molar-refractivity contribution in [2.75, 3.05) is 5.32 Å². The predicted molar refractivity (Wildman–Crippen MR) is 81.2 cm³/mol. The van der Waals surface area contributed by atoms with Gasteiger partial charge in [-0.1, -0.05) is 24.3 Å². The van der Waals surface area contributed by atoms with E-state index in [0.29, 0.717) is 12.5 Å². The van der Waals surface area contributed by atoms with Gasteiger partial charge in [0, 0.05) is 6.54 Å². The number of primary sulfonamides is 1. The van der Waals surface area contributed by atoms with Crippen LogP contribution in [-0.4, -0.2) is 18.4 Å². The molecule has 0 aliphatic rings. The van der Waals surface area contributed by atoms with Crippen LogP contribution in [0.4, 0.5) is 5.95 Å². The molecule has 7 heteroatoms. The molecule has 0 spiro atoms. The highest BCUT2D eigenvalue weighted by atomic mass is 32.2. The quantitative estimate of drug-likeness (QED) is 0.684. The Labute approximate surface area is 122 Å². The Hall–Kier alpha value is -2.38. The Kier molecular flexibility index (Phi) is 3.36. The Bertz CT molecular complexity index is 836. The van der Waals surface area contributed by atoms with E-state index in [9.17, 15) is 8.42 Å². The standard InChI is InChI=1S/C14H14N4O2S/c15-21(19,20)11-7-5-10(6-8-11)9-16-14-17-12-3-1-2-4-13(12)18-14/h1-8H,9H2,(H2,15,19,20)(H2,16,17,18). The van der Waals surface area contributed by atoms with Crippen molar-refractivity contribution >= 4 is 27.0 Å². The molecule has 108 valence electrons. The van der Waals surface area contributed by atoms with Crippen LogP contribution in [0.2, 0.25) is 0 Å². The lowest BCUT2D eigenvalue weighted by molar-refractivity contribution is 0.598. The molecule has 0 fully saturated rings. The number of nitrogens with two attached hydrogens (primary N) is 1. The van der Waals surface area contributed by atoms with E-state index in [-0.39, 0.29) is 4.90 Å². The lowest BCUT2D eigenvalue weighted by Crippen LogP contribution is -2.12. The second kappa shape index (κ2) is 5.19. The number of fused-ring (bicyclic) bond motifs is 1. The van der Waals surface area contributed by atoms with Gasteiger partial charge >= 0.3 is 0 Å². The first kappa shape index (κ1) is 13.6. The minimum absolute atomic E-state index is 0.106. The lowest BCUT2D eigenvalue weighted by Gasteiger charge is -2.04. The van der Waals surface area contributed by atoms with Crippen molar-refractivity contribution in [3.8, 4) is 0 Å². The van der Waals surface area contributed by atoms with E-state index in [4.69, 9.17) is 5.14 Å². The van der Waals surface area contributed by atoms with Gasteiger partial charge in [-0.2, -0.15) is 0 Å². The number of imidazole rings is 1. The van der Waals surface area contributed by atoms with Crippen molar-refractivity contribution in [2.24, 2.45) is 5.14 Å². The van der Waals surface area contributed by atoms with E-state index in [0.717, 1.165) is 16.6 Å². The van der Waals surface area contributed by atoms with Crippen molar-refractivity contribution in [1.82, 2.24) is 9.97 Å². The second-order valence-corrected chi connectivity index (χ2v) is 6.21. The fourth-order valence-electron chi connectivity index (χ4n) is 2.02. The number of aromatic nitrogens is 2. The Morgan fingerprint density at radius 1 is 1.10 bits per heavy atom. The third-order valence-electron chi connectivity index (χ3n) is 3.10. The predicted octanol–water partition coefficient (Wildman–Crippen LogP) is 1.82. The molecule has 0 saturated carbocycles. The van der Waals surface area contributed by atoms with E-state index in [1.54, 1.807) is 12.1 Å². The number of anilines is 1. The van der Waals surface area contributed by atoms with Gasteiger partial charge in [-0.05, 0) is 29.8 Å². The highest BCUT2D eigenvalue weighted by molar-refractivity contribution is 7.89. The maximum absolute atomic E-state index is 11.2. The Morgan fingerprint density at radius 3 is 2.48 bits per heavy atom. The van der Waals surface area contributed by atoms with E-state index in [2.05, 4.69) is 15.3 Å². The van der Waals surface area contributed by atoms with Gasteiger partial charge in [0.15, 0.2) is 0 Å². The van der Waals surface area contributed by atoms with Gasteiger partial charge in [0.2, 0.25) is 16.0 Å². The molecule has 4 N–H and O–H groups in total. The molecule has 6 nitrogen and oxygen atoms in total. The minimum atomic E-state index is -3.64. The number of para-hydroxylation sites is 2. The zero-order valence-corrected chi connectivity index (χ0v) is 11.9. The fraction of sp³-hybridized carbons (Fsp3) is 0.0714. The van der Waals surface area contributed by atoms with Crippen LogP contribution in [0.5, 0.6) is 0 Å². The minimum Gasteiger partial charge on any atom is -0.352 e. The summed E-state index contributed by atoms with van der Waals surface area (Å²) in [6.45, 7) is 0.532. The Balaban J connectivity index is 1.72. The molecule has 0 radical (unpaired) electrons. The highest BCUT2D eigenvalue weighted by Gasteiger charge is 2.07. The summed E-state index contributed by atoms with van der Waals surface area (Å²) < 4.78 is 22.3. The van der Waals surface area contributed by atoms with Gasteiger partial charge in [-0.25, -0.2) is 18.5 Å². The zero-order chi connectivity index (χ0) is 14.9. The van der Waals surface area contributed by atoms with E-state index >= 15 is 0 Å². The number of H-pyrrole nitrogens is 1. The van der Waals surface area contributed by atoms with Crippen LogP contribution in [0.3, 0.4) is 0 Å². The van der Waals surface area contributed by atoms with Gasteiger partial charge in [-0.15, -0.1) is 0 Å². The summed E-state index contributed by atoms with van der Waals surface area (Å²) in [5.74, 6) is 0.673. The molecule has 0 bridgehead atoms. The third-order valence-corrected chi connectivity index (χ3v) is 4.03. The number of nitrogens with one attached hydrogen (secondary N) is 2. The smallest absolute Gasteiger partial charge is 0.238 e. The molecule has 3 rings (SSSR count). The van der Waals surface area contributed by atoms with E-state index in [1.807, 2.05) is 24.3 Å². The molecular formula is C14H14N4O2S. The van der Waals surface area contributed by atoms with Crippen molar-refractivity contribution in [3.63, 3.8) is 0 Å². The molecule has 0 amide bonds. The van der Waals surface area contributed by atoms with Crippen LogP contribution in [0.15, 0.2) is 53.4 Å². The summed E-state index contributed by atoms with van der Waals surface area (Å²) in [6, 6.07) is 14.2. The van der Waals surface area contributed by atoms with Gasteiger partial charge in [0.05, 0.1) is 15.9 Å². The fourth-order valence-corrected chi connectivity index (χ4v) is 2.53. The lowest BCUT2D eigenvalue weighted by atomic mass is 10.2. The number of hydrogen-bond acceptors (Lipinski definition) is 4. The maximum atomic E-state index is 11.2. The number of aromatic amines is 1. The second-order valence-electron chi connectivity index (χ2n) is 4.65. The topological polar surface area (TPSA) is 101 Å². The number of nitrogens with zero attached hydrogens (tertiary/aromatic N) is 1. The largest absolute Gasteiger partial charge is 0.352 e. The average molecular weight is 302 g/mol. The summed E-state index contributed by atoms with van der Waals surface area (Å²) >= 11 is 0. The van der Waals surface area contributed by atoms with Crippen LogP contribution >= 0.6 is 0 Å². The highest BCUT2D eigenvalue weighted by Crippen LogP contribution is 2.14. The molecular weight excluding hydrogens is 288 g/mol. The van der Waals surface area contributed by atoms with Crippen LogP contribution < -0.4 is 10.5 Å². The number of rotatable bonds is 4. The molecule has 1 aromatic heterocycles. The first-order valence-electron chi connectivity index (χ1n) is 6.33. The summed E-state index contributed by atoms with van der Waals surface area (Å²) in [6.07, 6.45) is 0. The maximum Gasteiger partial charge on any atom is 0.238 e. The molecule has 2 aromatic carbocycles. The van der Waals surface area contributed by atoms with Gasteiger partial charge < -0.3 is 10.3 Å². The van der Waals surface area contributed by atoms with Crippen LogP contribution in [-0.2, 0) is 16.6 Å². The van der Waals surface area contributed by atoms with Crippen molar-refractivity contribution in [3.05, 3.63) is 54.1 Å². The van der Waals surface area contributed by atoms with E-state index < -0.39 is 10.0 Å². The molecule has 0 saturated heterocycles. The number of sulfonamides is 1. The molecule has 1 heterocycles. The molecule has 0 atom stereocenters. The summed E-state index contributed by atoms with van der Waals surface area (Å²) in [4.78, 5) is 7.67. The summed E-state index contributed by atoms with van der Waals surface area (Å²) in [7, 11) is -3.64. The van der Waals surface area contributed by atoms with Crippen molar-refractivity contribution in [2.45, 2.75) is 11.4 Å². The molecule has 0 aliphatic carbocycles. The van der Waals surface area contributed by atoms with Gasteiger partial charge in [-0.3, -0.25) is 0 Å². The monoisotopic (exact) mass is 302 g/mol. The summed E-state index contributed by atoms with van der Waals surface area (Å²) in [5.41, 5.74) is 2.79. The Morgan fingerprint density at radius 2 is 1.81 bits per heavy atom. The molecule has 0 aliphatic heterocycles.